The number of carboxylic acid groups (broad SMARTS) is 1. The number of aliphatic carboxylic acids is 1. The Balaban J connectivity index is 2.12. The third-order valence-corrected chi connectivity index (χ3v) is 4.17. The Labute approximate surface area is 141 Å². The minimum Gasteiger partial charge on any atom is -0.478 e. The van der Waals surface area contributed by atoms with Crippen LogP contribution < -0.4 is 4.74 Å². The average Bonchev–Trinajstić information content (AvgIpc) is 2.50. The minimum atomic E-state index is -0.981. The van der Waals surface area contributed by atoms with Gasteiger partial charge in [0.25, 0.3) is 0 Å². The first-order valence-electron chi connectivity index (χ1n) is 7.61. The molecule has 0 aliphatic rings. The summed E-state index contributed by atoms with van der Waals surface area (Å²) < 4.78 is 5.64. The molecular weight excluding hydrogens is 312 g/mol. The number of halogens is 1. The Morgan fingerprint density at radius 1 is 1.17 bits per heavy atom. The topological polar surface area (TPSA) is 46.5 Å². The van der Waals surface area contributed by atoms with Crippen molar-refractivity contribution >= 4 is 17.6 Å². The summed E-state index contributed by atoms with van der Waals surface area (Å²) in [5.74, 6) is -0.0174. The first-order chi connectivity index (χ1) is 10.9. The third-order valence-electron chi connectivity index (χ3n) is 3.75. The first kappa shape index (κ1) is 17.4. The van der Waals surface area contributed by atoms with Crippen LogP contribution in [0.5, 0.6) is 5.75 Å². The summed E-state index contributed by atoms with van der Waals surface area (Å²) in [5.41, 5.74) is 3.02. The van der Waals surface area contributed by atoms with E-state index in [-0.39, 0.29) is 0 Å². The fraction of sp³-hybridized carbons (Fsp3) is 0.316. The van der Waals surface area contributed by atoms with E-state index in [1.165, 1.54) is 5.56 Å². The van der Waals surface area contributed by atoms with Crippen molar-refractivity contribution in [1.82, 2.24) is 0 Å². The number of benzene rings is 2. The molecule has 0 aliphatic carbocycles. The molecule has 0 unspecified atom stereocenters. The summed E-state index contributed by atoms with van der Waals surface area (Å²) in [5, 5.41) is 10.0. The molecule has 1 N–H and O–H groups in total. The lowest BCUT2D eigenvalue weighted by Gasteiger charge is -2.16. The highest BCUT2D eigenvalue weighted by atomic mass is 35.5. The predicted octanol–water partition coefficient (Wildman–Crippen LogP) is 4.85. The molecule has 0 aliphatic heterocycles. The van der Waals surface area contributed by atoms with Crippen molar-refractivity contribution in [2.75, 3.05) is 0 Å². The zero-order valence-corrected chi connectivity index (χ0v) is 14.3. The predicted molar refractivity (Wildman–Crippen MR) is 92.5 cm³/mol. The fourth-order valence-corrected chi connectivity index (χ4v) is 2.40. The summed E-state index contributed by atoms with van der Waals surface area (Å²) in [6.45, 7) is 6.11. The van der Waals surface area contributed by atoms with Gasteiger partial charge in [-0.15, -0.1) is 0 Å². The highest BCUT2D eigenvalue weighted by Crippen LogP contribution is 2.23. The molecule has 0 saturated carbocycles. The lowest BCUT2D eigenvalue weighted by atomic mass is 10.00. The monoisotopic (exact) mass is 332 g/mol. The number of hydrogen-bond acceptors (Lipinski definition) is 2. The molecule has 2 aromatic carbocycles. The van der Waals surface area contributed by atoms with Crippen LogP contribution in [0.1, 0.15) is 36.5 Å². The van der Waals surface area contributed by atoms with Crippen LogP contribution in [-0.4, -0.2) is 17.2 Å². The maximum atomic E-state index is 11.5. The van der Waals surface area contributed by atoms with Crippen molar-refractivity contribution in [3.63, 3.8) is 0 Å². The van der Waals surface area contributed by atoms with Crippen molar-refractivity contribution in [2.24, 2.45) is 0 Å². The molecule has 3 nitrogen and oxygen atoms in total. The second-order valence-corrected chi connectivity index (χ2v) is 6.36. The smallest absolute Gasteiger partial charge is 0.345 e. The molecule has 0 bridgehead atoms. The van der Waals surface area contributed by atoms with Gasteiger partial charge in [0.05, 0.1) is 0 Å². The number of rotatable bonds is 6. The second-order valence-electron chi connectivity index (χ2n) is 5.96. The fourth-order valence-electron chi connectivity index (χ4n) is 2.29. The summed E-state index contributed by atoms with van der Waals surface area (Å²) in [6.07, 6.45) is -0.615. The van der Waals surface area contributed by atoms with Crippen molar-refractivity contribution in [3.8, 4) is 5.75 Å². The van der Waals surface area contributed by atoms with E-state index in [9.17, 15) is 9.90 Å². The van der Waals surface area contributed by atoms with Gasteiger partial charge in [0.2, 0.25) is 0 Å². The highest BCUT2D eigenvalue weighted by Gasteiger charge is 2.20. The van der Waals surface area contributed by atoms with Gasteiger partial charge in [-0.05, 0) is 47.7 Å². The molecule has 0 aromatic heterocycles. The third kappa shape index (κ3) is 4.73. The van der Waals surface area contributed by atoms with Gasteiger partial charge in [-0.25, -0.2) is 4.79 Å². The van der Waals surface area contributed by atoms with E-state index in [0.717, 1.165) is 11.1 Å². The molecule has 0 amide bonds. The first-order valence-corrected chi connectivity index (χ1v) is 7.99. The van der Waals surface area contributed by atoms with E-state index in [1.54, 1.807) is 18.2 Å². The summed E-state index contributed by atoms with van der Waals surface area (Å²) in [4.78, 5) is 11.5. The largest absolute Gasteiger partial charge is 0.478 e. The molecule has 23 heavy (non-hydrogen) atoms. The lowest BCUT2D eigenvalue weighted by Crippen LogP contribution is -2.29. The van der Waals surface area contributed by atoms with Gasteiger partial charge in [-0.3, -0.25) is 0 Å². The SMILES string of the molecule is Cc1cc(O[C@@H](Cc2ccc(C(C)C)cc2)C(=O)O)ccc1Cl. The number of ether oxygens (including phenoxy) is 1. The molecule has 1 atom stereocenters. The molecule has 0 fully saturated rings. The van der Waals surface area contributed by atoms with Gasteiger partial charge >= 0.3 is 5.97 Å². The molecular formula is C19H21ClO3. The van der Waals surface area contributed by atoms with E-state index in [0.29, 0.717) is 23.1 Å². The van der Waals surface area contributed by atoms with Crippen LogP contribution in [0.15, 0.2) is 42.5 Å². The van der Waals surface area contributed by atoms with Crippen molar-refractivity contribution in [1.29, 1.82) is 0 Å². The van der Waals surface area contributed by atoms with Crippen LogP contribution in [0.3, 0.4) is 0 Å². The zero-order chi connectivity index (χ0) is 17.0. The van der Waals surface area contributed by atoms with Crippen LogP contribution in [-0.2, 0) is 11.2 Å². The Bertz CT molecular complexity index is 678. The molecule has 0 heterocycles. The quantitative estimate of drug-likeness (QED) is 0.822. The molecule has 2 rings (SSSR count). The van der Waals surface area contributed by atoms with Gasteiger partial charge in [0.1, 0.15) is 5.75 Å². The Morgan fingerprint density at radius 3 is 2.35 bits per heavy atom. The lowest BCUT2D eigenvalue weighted by molar-refractivity contribution is -0.145. The number of carboxylic acids is 1. The van der Waals surface area contributed by atoms with Crippen LogP contribution in [0.2, 0.25) is 5.02 Å². The number of aryl methyl sites for hydroxylation is 1. The van der Waals surface area contributed by atoms with E-state index in [1.807, 2.05) is 31.2 Å². The van der Waals surface area contributed by atoms with Crippen molar-refractivity contribution in [2.45, 2.75) is 39.2 Å². The van der Waals surface area contributed by atoms with E-state index < -0.39 is 12.1 Å². The maximum Gasteiger partial charge on any atom is 0.345 e. The number of hydrogen-bond donors (Lipinski definition) is 1. The Hall–Kier alpha value is -2.00. The molecule has 4 heteroatoms. The molecule has 2 aromatic rings. The number of carbonyl (C=O) groups is 1. The van der Waals surface area contributed by atoms with Crippen LogP contribution in [0.25, 0.3) is 0 Å². The van der Waals surface area contributed by atoms with Crippen LogP contribution in [0, 0.1) is 6.92 Å². The minimum absolute atomic E-state index is 0.315. The van der Waals surface area contributed by atoms with Crippen LogP contribution in [0.4, 0.5) is 0 Å². The van der Waals surface area contributed by atoms with Gasteiger partial charge in [0, 0.05) is 11.4 Å². The van der Waals surface area contributed by atoms with E-state index >= 15 is 0 Å². The Morgan fingerprint density at radius 2 is 1.83 bits per heavy atom. The summed E-state index contributed by atoms with van der Waals surface area (Å²) in [7, 11) is 0. The zero-order valence-electron chi connectivity index (χ0n) is 13.5. The Kier molecular flexibility index (Phi) is 5.67. The van der Waals surface area contributed by atoms with Gasteiger partial charge < -0.3 is 9.84 Å². The molecule has 122 valence electrons. The standard InChI is InChI=1S/C19H21ClO3/c1-12(2)15-6-4-14(5-7-15)11-18(19(21)22)23-16-8-9-17(20)13(3)10-16/h4-10,12,18H,11H2,1-3H3,(H,21,22)/t18-/m0/s1. The molecule has 0 saturated heterocycles. The highest BCUT2D eigenvalue weighted by molar-refractivity contribution is 6.31. The molecule has 0 spiro atoms. The summed E-state index contributed by atoms with van der Waals surface area (Å²) in [6, 6.07) is 13.1. The van der Waals surface area contributed by atoms with Crippen molar-refractivity contribution in [3.05, 3.63) is 64.2 Å². The van der Waals surface area contributed by atoms with Gasteiger partial charge in [0.15, 0.2) is 6.10 Å². The molecule has 0 radical (unpaired) electrons. The maximum absolute atomic E-state index is 11.5. The normalized spacial score (nSPS) is 12.2. The van der Waals surface area contributed by atoms with Gasteiger partial charge in [-0.2, -0.15) is 0 Å². The van der Waals surface area contributed by atoms with Crippen molar-refractivity contribution < 1.29 is 14.6 Å². The second kappa shape index (κ2) is 7.51. The average molecular weight is 333 g/mol. The summed E-state index contributed by atoms with van der Waals surface area (Å²) >= 11 is 5.98. The van der Waals surface area contributed by atoms with E-state index in [4.69, 9.17) is 16.3 Å². The van der Waals surface area contributed by atoms with Crippen LogP contribution >= 0.6 is 11.6 Å². The van der Waals surface area contributed by atoms with Gasteiger partial charge in [-0.1, -0.05) is 49.7 Å². The van der Waals surface area contributed by atoms with E-state index in [2.05, 4.69) is 13.8 Å².